The van der Waals surface area contributed by atoms with E-state index in [1.54, 1.807) is 12.1 Å². The quantitative estimate of drug-likeness (QED) is 0.889. The molecule has 4 heteroatoms. The van der Waals surface area contributed by atoms with Gasteiger partial charge in [0.2, 0.25) is 0 Å². The van der Waals surface area contributed by atoms with Gasteiger partial charge in [-0.05, 0) is 62.3 Å². The van der Waals surface area contributed by atoms with Crippen molar-refractivity contribution in [3.63, 3.8) is 0 Å². The number of piperidine rings is 1. The number of aliphatic hydroxyl groups is 1. The Balaban J connectivity index is 1.78. The van der Waals surface area contributed by atoms with E-state index in [2.05, 4.69) is 24.1 Å². The lowest BCUT2D eigenvalue weighted by atomic mass is 9.99. The molecule has 0 amide bonds. The number of hydrogen-bond acceptors (Lipinski definition) is 3. The first-order valence-corrected chi connectivity index (χ1v) is 9.03. The maximum atomic E-state index is 13.8. The van der Waals surface area contributed by atoms with Gasteiger partial charge in [-0.15, -0.1) is 0 Å². The molecule has 1 aromatic rings. The molecular formula is C19H29FN2O. The first kappa shape index (κ1) is 16.7. The minimum Gasteiger partial charge on any atom is -0.393 e. The van der Waals surface area contributed by atoms with Gasteiger partial charge < -0.3 is 15.3 Å². The minimum absolute atomic E-state index is 0.137. The van der Waals surface area contributed by atoms with Crippen LogP contribution < -0.4 is 10.2 Å². The second kappa shape index (κ2) is 7.18. The monoisotopic (exact) mass is 320 g/mol. The molecule has 1 saturated heterocycles. The van der Waals surface area contributed by atoms with Crippen molar-refractivity contribution in [1.29, 1.82) is 0 Å². The van der Waals surface area contributed by atoms with Gasteiger partial charge in [0.05, 0.1) is 6.10 Å². The van der Waals surface area contributed by atoms with Crippen LogP contribution in [-0.4, -0.2) is 30.3 Å². The number of aliphatic hydroxyl groups excluding tert-OH is 1. The molecule has 1 aliphatic carbocycles. The van der Waals surface area contributed by atoms with Crippen molar-refractivity contribution in [3.05, 3.63) is 29.6 Å². The lowest BCUT2D eigenvalue weighted by molar-refractivity contribution is 0.145. The molecule has 1 heterocycles. The summed E-state index contributed by atoms with van der Waals surface area (Å²) in [7, 11) is 0. The van der Waals surface area contributed by atoms with Crippen LogP contribution in [-0.2, 0) is 0 Å². The first-order valence-electron chi connectivity index (χ1n) is 9.03. The predicted molar refractivity (Wildman–Crippen MR) is 92.2 cm³/mol. The van der Waals surface area contributed by atoms with Crippen LogP contribution >= 0.6 is 0 Å². The number of hydrogen-bond donors (Lipinski definition) is 2. The minimum atomic E-state index is -0.190. The molecule has 1 saturated carbocycles. The molecule has 3 atom stereocenters. The Hall–Kier alpha value is -1.13. The van der Waals surface area contributed by atoms with Gasteiger partial charge in [0.15, 0.2) is 0 Å². The third-order valence-electron chi connectivity index (χ3n) is 5.59. The molecule has 2 fully saturated rings. The first-order chi connectivity index (χ1) is 11.0. The van der Waals surface area contributed by atoms with Crippen molar-refractivity contribution in [2.24, 2.45) is 5.92 Å². The second-order valence-electron chi connectivity index (χ2n) is 7.32. The van der Waals surface area contributed by atoms with Crippen LogP contribution in [0.3, 0.4) is 0 Å². The molecule has 0 aromatic heterocycles. The number of halogens is 1. The summed E-state index contributed by atoms with van der Waals surface area (Å²) in [6, 6.07) is 5.80. The highest BCUT2D eigenvalue weighted by Gasteiger charge is 2.27. The standard InChI is InChI=1S/C19H29FN2O/c1-13-4-3-5-18(13)21-14(2)17-12-15(20)6-7-19(17)22-10-8-16(23)9-11-22/h6-7,12-14,16,18,21,23H,3-5,8-11H2,1-2H3. The molecule has 3 nitrogen and oxygen atoms in total. The van der Waals surface area contributed by atoms with Crippen LogP contribution in [0.4, 0.5) is 10.1 Å². The molecule has 128 valence electrons. The van der Waals surface area contributed by atoms with Gasteiger partial charge in [0.1, 0.15) is 5.82 Å². The molecule has 2 N–H and O–H groups in total. The Bertz CT molecular complexity index is 528. The van der Waals surface area contributed by atoms with Crippen molar-refractivity contribution < 1.29 is 9.50 Å². The van der Waals surface area contributed by atoms with Crippen LogP contribution in [0.25, 0.3) is 0 Å². The summed E-state index contributed by atoms with van der Waals surface area (Å²) in [5.41, 5.74) is 2.16. The zero-order valence-corrected chi connectivity index (χ0v) is 14.3. The smallest absolute Gasteiger partial charge is 0.123 e. The van der Waals surface area contributed by atoms with E-state index in [0.717, 1.165) is 37.2 Å². The average Bonchev–Trinajstić information content (AvgIpc) is 2.93. The topological polar surface area (TPSA) is 35.5 Å². The van der Waals surface area contributed by atoms with Crippen molar-refractivity contribution in [2.45, 2.75) is 64.1 Å². The van der Waals surface area contributed by atoms with Gasteiger partial charge in [-0.3, -0.25) is 0 Å². The summed E-state index contributed by atoms with van der Waals surface area (Å²) in [6.45, 7) is 6.12. The number of benzene rings is 1. The molecule has 0 spiro atoms. The van der Waals surface area contributed by atoms with E-state index in [9.17, 15) is 9.50 Å². The summed E-state index contributed by atoms with van der Waals surface area (Å²) < 4.78 is 13.8. The third-order valence-corrected chi connectivity index (χ3v) is 5.59. The lowest BCUT2D eigenvalue weighted by Crippen LogP contribution is -2.38. The van der Waals surface area contributed by atoms with E-state index in [4.69, 9.17) is 0 Å². The number of anilines is 1. The zero-order chi connectivity index (χ0) is 16.4. The summed E-state index contributed by atoms with van der Waals surface area (Å²) in [5, 5.41) is 13.4. The molecule has 0 bridgehead atoms. The number of rotatable bonds is 4. The van der Waals surface area contributed by atoms with Crippen molar-refractivity contribution in [1.82, 2.24) is 5.32 Å². The van der Waals surface area contributed by atoms with Crippen LogP contribution in [0.5, 0.6) is 0 Å². The van der Waals surface area contributed by atoms with E-state index < -0.39 is 0 Å². The van der Waals surface area contributed by atoms with Crippen LogP contribution in [0.1, 0.15) is 57.6 Å². The van der Waals surface area contributed by atoms with Crippen molar-refractivity contribution in [2.75, 3.05) is 18.0 Å². The Morgan fingerprint density at radius 2 is 1.96 bits per heavy atom. The van der Waals surface area contributed by atoms with Gasteiger partial charge in [-0.2, -0.15) is 0 Å². The maximum Gasteiger partial charge on any atom is 0.123 e. The normalized spacial score (nSPS) is 27.4. The van der Waals surface area contributed by atoms with E-state index >= 15 is 0 Å². The molecule has 1 aliphatic heterocycles. The van der Waals surface area contributed by atoms with Gasteiger partial charge >= 0.3 is 0 Å². The van der Waals surface area contributed by atoms with Crippen LogP contribution in [0.2, 0.25) is 0 Å². The number of nitrogens with one attached hydrogen (secondary N) is 1. The van der Waals surface area contributed by atoms with Gasteiger partial charge in [0, 0.05) is 30.9 Å². The fourth-order valence-electron chi connectivity index (χ4n) is 4.07. The van der Waals surface area contributed by atoms with E-state index in [0.29, 0.717) is 12.0 Å². The van der Waals surface area contributed by atoms with Gasteiger partial charge in [-0.1, -0.05) is 13.3 Å². The van der Waals surface area contributed by atoms with E-state index in [1.165, 1.54) is 19.3 Å². The summed E-state index contributed by atoms with van der Waals surface area (Å²) in [6.07, 6.45) is 5.17. The van der Waals surface area contributed by atoms with Crippen LogP contribution in [0.15, 0.2) is 18.2 Å². The van der Waals surface area contributed by atoms with E-state index in [1.807, 2.05) is 6.07 Å². The summed E-state index contributed by atoms with van der Waals surface area (Å²) >= 11 is 0. The predicted octanol–water partition coefficient (Wildman–Crippen LogP) is 3.63. The lowest BCUT2D eigenvalue weighted by Gasteiger charge is -2.34. The van der Waals surface area contributed by atoms with Crippen molar-refractivity contribution in [3.8, 4) is 0 Å². The molecule has 3 rings (SSSR count). The van der Waals surface area contributed by atoms with Crippen LogP contribution in [0, 0.1) is 11.7 Å². The summed E-state index contributed by atoms with van der Waals surface area (Å²) in [4.78, 5) is 2.29. The van der Waals surface area contributed by atoms with Gasteiger partial charge in [-0.25, -0.2) is 4.39 Å². The fraction of sp³-hybridized carbons (Fsp3) is 0.684. The Morgan fingerprint density at radius 1 is 1.22 bits per heavy atom. The largest absolute Gasteiger partial charge is 0.393 e. The number of nitrogens with zero attached hydrogens (tertiary/aromatic N) is 1. The average molecular weight is 320 g/mol. The highest BCUT2D eigenvalue weighted by atomic mass is 19.1. The molecule has 0 radical (unpaired) electrons. The SMILES string of the molecule is CC(NC1CCCC1C)c1cc(F)ccc1N1CCC(O)CC1. The van der Waals surface area contributed by atoms with Crippen molar-refractivity contribution >= 4 is 5.69 Å². The van der Waals surface area contributed by atoms with Gasteiger partial charge in [0.25, 0.3) is 0 Å². The molecule has 3 unspecified atom stereocenters. The zero-order valence-electron chi connectivity index (χ0n) is 14.3. The molecular weight excluding hydrogens is 291 g/mol. The molecule has 2 aliphatic rings. The highest BCUT2D eigenvalue weighted by molar-refractivity contribution is 5.55. The Morgan fingerprint density at radius 3 is 2.61 bits per heavy atom. The molecule has 1 aromatic carbocycles. The maximum absolute atomic E-state index is 13.8. The third kappa shape index (κ3) is 3.86. The summed E-state index contributed by atoms with van der Waals surface area (Å²) in [5.74, 6) is 0.522. The molecule has 23 heavy (non-hydrogen) atoms. The Labute approximate surface area is 138 Å². The highest BCUT2D eigenvalue weighted by Crippen LogP contribution is 2.32. The fourth-order valence-corrected chi connectivity index (χ4v) is 4.07. The van der Waals surface area contributed by atoms with E-state index in [-0.39, 0.29) is 18.0 Å². The second-order valence-corrected chi connectivity index (χ2v) is 7.32. The Kier molecular flexibility index (Phi) is 5.22.